The van der Waals surface area contributed by atoms with Crippen molar-refractivity contribution in [3.63, 3.8) is 0 Å². The molecule has 21 heavy (non-hydrogen) atoms. The van der Waals surface area contributed by atoms with Gasteiger partial charge >= 0.3 is 0 Å². The highest BCUT2D eigenvalue weighted by molar-refractivity contribution is 7.68. The second kappa shape index (κ2) is 5.00. The minimum absolute atomic E-state index is 0.788. The molecule has 3 aromatic carbocycles. The third-order valence-corrected chi connectivity index (χ3v) is 5.21. The summed E-state index contributed by atoms with van der Waals surface area (Å²) >= 11 is 0. The number of furan rings is 1. The van der Waals surface area contributed by atoms with Gasteiger partial charge in [-0.05, 0) is 12.1 Å². The number of hydrogen-bond acceptors (Lipinski definition) is 2. The van der Waals surface area contributed by atoms with Crippen molar-refractivity contribution >= 4 is 40.7 Å². The summed E-state index contributed by atoms with van der Waals surface area (Å²) < 4.78 is 5.98. The molecule has 0 radical (unpaired) electrons. The summed E-state index contributed by atoms with van der Waals surface area (Å²) in [6, 6.07) is 23.7. The molecule has 0 aliphatic heterocycles. The van der Waals surface area contributed by atoms with Gasteiger partial charge in [-0.15, -0.1) is 0 Å². The van der Waals surface area contributed by atoms with Gasteiger partial charge in [-0.25, -0.2) is 0 Å². The third kappa shape index (κ3) is 2.04. The zero-order valence-corrected chi connectivity index (χ0v) is 12.1. The molecule has 1 aromatic heterocycles. The summed E-state index contributed by atoms with van der Waals surface area (Å²) in [6.07, 6.45) is 0. The van der Waals surface area contributed by atoms with Crippen LogP contribution in [-0.2, 0) is 0 Å². The smallest absolute Gasteiger partial charge is 0.145 e. The predicted octanol–water partition coefficient (Wildman–Crippen LogP) is 3.93. The minimum Gasteiger partial charge on any atom is -0.455 e. The molecule has 4 aromatic rings. The zero-order chi connectivity index (χ0) is 14.2. The van der Waals surface area contributed by atoms with Crippen molar-refractivity contribution in [1.29, 1.82) is 0 Å². The van der Waals surface area contributed by atoms with Crippen molar-refractivity contribution in [2.75, 3.05) is 0 Å². The molecular formula is C18H13O2P. The van der Waals surface area contributed by atoms with Crippen molar-refractivity contribution in [1.82, 2.24) is 0 Å². The van der Waals surface area contributed by atoms with Gasteiger partial charge in [0.1, 0.15) is 11.2 Å². The largest absolute Gasteiger partial charge is 0.455 e. The number of hydrogen-bond donors (Lipinski definition) is 1. The lowest BCUT2D eigenvalue weighted by molar-refractivity contribution is 0.641. The monoisotopic (exact) mass is 292 g/mol. The van der Waals surface area contributed by atoms with Crippen LogP contribution in [0.3, 0.4) is 0 Å². The van der Waals surface area contributed by atoms with E-state index in [-0.39, 0.29) is 0 Å². The molecule has 1 unspecified atom stereocenters. The van der Waals surface area contributed by atoms with Crippen molar-refractivity contribution in [2.24, 2.45) is 0 Å². The van der Waals surface area contributed by atoms with E-state index in [0.29, 0.717) is 0 Å². The average Bonchev–Trinajstić information content (AvgIpc) is 2.94. The third-order valence-electron chi connectivity index (χ3n) is 3.61. The molecule has 0 bridgehead atoms. The second-order valence-corrected chi connectivity index (χ2v) is 6.52. The van der Waals surface area contributed by atoms with Crippen LogP contribution in [0.1, 0.15) is 0 Å². The summed E-state index contributed by atoms with van der Waals surface area (Å²) in [4.78, 5) is 10.7. The Morgan fingerprint density at radius 2 is 1.43 bits per heavy atom. The maximum Gasteiger partial charge on any atom is 0.145 e. The first-order valence-corrected chi connectivity index (χ1v) is 8.08. The van der Waals surface area contributed by atoms with Crippen LogP contribution in [0.25, 0.3) is 21.9 Å². The quantitative estimate of drug-likeness (QED) is 0.568. The van der Waals surface area contributed by atoms with Crippen molar-refractivity contribution in [3.8, 4) is 0 Å². The Hall–Kier alpha value is -2.15. The first kappa shape index (κ1) is 12.6. The summed E-state index contributed by atoms with van der Waals surface area (Å²) in [5, 5.41) is 3.94. The molecule has 0 saturated heterocycles. The lowest BCUT2D eigenvalue weighted by Crippen LogP contribution is -2.11. The van der Waals surface area contributed by atoms with E-state index >= 15 is 0 Å². The highest BCUT2D eigenvalue weighted by atomic mass is 31.1. The molecule has 1 N–H and O–H groups in total. The molecule has 4 rings (SSSR count). The number of rotatable bonds is 2. The van der Waals surface area contributed by atoms with E-state index in [1.165, 1.54) is 0 Å². The first-order valence-electron chi connectivity index (χ1n) is 6.79. The van der Waals surface area contributed by atoms with Crippen molar-refractivity contribution < 1.29 is 9.31 Å². The van der Waals surface area contributed by atoms with Crippen LogP contribution in [-0.4, -0.2) is 4.89 Å². The molecule has 0 amide bonds. The SMILES string of the molecule is OP(c1ccccc1)c1cccc2c1oc1ccccc12. The van der Waals surface area contributed by atoms with Crippen LogP contribution < -0.4 is 10.6 Å². The molecule has 2 nitrogen and oxygen atoms in total. The molecular weight excluding hydrogens is 279 g/mol. The van der Waals surface area contributed by atoms with E-state index in [0.717, 1.165) is 32.5 Å². The molecule has 1 heterocycles. The normalized spacial score (nSPS) is 12.8. The minimum atomic E-state index is -1.40. The average molecular weight is 292 g/mol. The highest BCUT2D eigenvalue weighted by Gasteiger charge is 2.17. The summed E-state index contributed by atoms with van der Waals surface area (Å²) in [6.45, 7) is 0. The number of benzene rings is 3. The van der Waals surface area contributed by atoms with Crippen LogP contribution in [0.5, 0.6) is 0 Å². The van der Waals surface area contributed by atoms with E-state index in [1.807, 2.05) is 72.8 Å². The lowest BCUT2D eigenvalue weighted by Gasteiger charge is -2.11. The van der Waals surface area contributed by atoms with Gasteiger partial charge in [0, 0.05) is 21.4 Å². The van der Waals surface area contributed by atoms with Crippen LogP contribution in [0, 0.1) is 0 Å². The lowest BCUT2D eigenvalue weighted by atomic mass is 10.1. The molecule has 0 spiro atoms. The molecule has 1 atom stereocenters. The molecule has 0 aliphatic rings. The van der Waals surface area contributed by atoms with Gasteiger partial charge in [0.25, 0.3) is 0 Å². The van der Waals surface area contributed by atoms with Gasteiger partial charge in [0.2, 0.25) is 0 Å². The zero-order valence-electron chi connectivity index (χ0n) is 11.2. The highest BCUT2D eigenvalue weighted by Crippen LogP contribution is 2.35. The van der Waals surface area contributed by atoms with Crippen LogP contribution in [0.2, 0.25) is 0 Å². The van der Waals surface area contributed by atoms with Crippen molar-refractivity contribution in [3.05, 3.63) is 72.8 Å². The van der Waals surface area contributed by atoms with Gasteiger partial charge in [-0.3, -0.25) is 0 Å². The maximum absolute atomic E-state index is 10.7. The second-order valence-electron chi connectivity index (χ2n) is 4.90. The van der Waals surface area contributed by atoms with Gasteiger partial charge < -0.3 is 9.31 Å². The van der Waals surface area contributed by atoms with Gasteiger partial charge in [-0.2, -0.15) is 0 Å². The van der Waals surface area contributed by atoms with Crippen LogP contribution in [0.15, 0.2) is 77.2 Å². The Labute approximate surface area is 123 Å². The Morgan fingerprint density at radius 1 is 0.714 bits per heavy atom. The molecule has 0 saturated carbocycles. The molecule has 3 heteroatoms. The van der Waals surface area contributed by atoms with E-state index in [1.54, 1.807) is 0 Å². The Bertz CT molecular complexity index is 912. The van der Waals surface area contributed by atoms with Gasteiger partial charge in [0.15, 0.2) is 0 Å². The fourth-order valence-corrected chi connectivity index (χ4v) is 3.93. The van der Waals surface area contributed by atoms with E-state index < -0.39 is 8.15 Å². The topological polar surface area (TPSA) is 33.4 Å². The summed E-state index contributed by atoms with van der Waals surface area (Å²) in [5.41, 5.74) is 1.65. The Morgan fingerprint density at radius 3 is 2.29 bits per heavy atom. The fraction of sp³-hybridized carbons (Fsp3) is 0. The van der Waals surface area contributed by atoms with Crippen LogP contribution >= 0.6 is 8.15 Å². The maximum atomic E-state index is 10.7. The summed E-state index contributed by atoms with van der Waals surface area (Å²) in [5.74, 6) is 0. The Kier molecular flexibility index (Phi) is 2.99. The van der Waals surface area contributed by atoms with E-state index in [9.17, 15) is 4.89 Å². The van der Waals surface area contributed by atoms with E-state index in [4.69, 9.17) is 4.42 Å². The number of fused-ring (bicyclic) bond motifs is 3. The van der Waals surface area contributed by atoms with Gasteiger partial charge in [0.05, 0.1) is 8.15 Å². The standard InChI is InChI=1S/C18H13O2P/c19-21(13-7-2-1-3-8-13)17-12-6-10-15-14-9-4-5-11-16(14)20-18(15)17/h1-12,19H. The Balaban J connectivity index is 1.97. The first-order chi connectivity index (χ1) is 10.3. The molecule has 102 valence electrons. The molecule has 0 fully saturated rings. The number of para-hydroxylation sites is 2. The molecule has 0 aliphatic carbocycles. The fourth-order valence-electron chi connectivity index (χ4n) is 2.61. The predicted molar refractivity (Wildman–Crippen MR) is 88.6 cm³/mol. The summed E-state index contributed by atoms with van der Waals surface area (Å²) in [7, 11) is -1.40. The van der Waals surface area contributed by atoms with Gasteiger partial charge in [-0.1, -0.05) is 60.7 Å². The van der Waals surface area contributed by atoms with E-state index in [2.05, 4.69) is 0 Å². The van der Waals surface area contributed by atoms with Crippen LogP contribution in [0.4, 0.5) is 0 Å². The van der Waals surface area contributed by atoms with Crippen molar-refractivity contribution in [2.45, 2.75) is 0 Å².